The molecule has 102 valence electrons. The smallest absolute Gasteiger partial charge is 0.272 e. The topological polar surface area (TPSA) is 51.1 Å². The van der Waals surface area contributed by atoms with Crippen molar-refractivity contribution in [2.24, 2.45) is 4.99 Å². The van der Waals surface area contributed by atoms with Crippen LogP contribution in [0.4, 0.5) is 0 Å². The lowest BCUT2D eigenvalue weighted by Crippen LogP contribution is -2.46. The lowest BCUT2D eigenvalue weighted by Gasteiger charge is -2.28. The minimum absolute atomic E-state index is 0.123. The first-order chi connectivity index (χ1) is 9.26. The third-order valence-corrected chi connectivity index (χ3v) is 2.79. The van der Waals surface area contributed by atoms with Gasteiger partial charge in [-0.1, -0.05) is 19.1 Å². The van der Waals surface area contributed by atoms with Crippen LogP contribution in [0.25, 0.3) is 0 Å². The number of para-hydroxylation sites is 2. The summed E-state index contributed by atoms with van der Waals surface area (Å²) >= 11 is 0. The van der Waals surface area contributed by atoms with Crippen LogP contribution in [0, 0.1) is 0 Å². The van der Waals surface area contributed by atoms with E-state index in [4.69, 9.17) is 9.47 Å². The van der Waals surface area contributed by atoms with Crippen molar-refractivity contribution < 1.29 is 14.3 Å². The second-order valence-electron chi connectivity index (χ2n) is 4.27. The first kappa shape index (κ1) is 13.4. The van der Waals surface area contributed by atoms with Crippen molar-refractivity contribution in [3.05, 3.63) is 24.3 Å². The molecule has 0 aromatic heterocycles. The van der Waals surface area contributed by atoms with Crippen LogP contribution in [0.5, 0.6) is 11.5 Å². The molecule has 2 rings (SSSR count). The molecule has 19 heavy (non-hydrogen) atoms. The molecule has 0 aliphatic carbocycles. The van der Waals surface area contributed by atoms with E-state index in [1.54, 1.807) is 18.0 Å². The Labute approximate surface area is 112 Å². The van der Waals surface area contributed by atoms with E-state index in [0.29, 0.717) is 18.0 Å². The first-order valence-electron chi connectivity index (χ1n) is 6.37. The van der Waals surface area contributed by atoms with Crippen LogP contribution >= 0.6 is 0 Å². The Kier molecular flexibility index (Phi) is 4.39. The number of carbonyl (C=O) groups excluding carboxylic acids is 1. The second-order valence-corrected chi connectivity index (χ2v) is 4.27. The van der Waals surface area contributed by atoms with Gasteiger partial charge in [-0.15, -0.1) is 0 Å². The normalized spacial score (nSPS) is 17.5. The molecule has 0 fully saturated rings. The standard InChI is InChI=1S/C14H18N2O3/c1-3-8-16(10-15-2)14(17)13-9-18-11-6-4-5-7-12(11)19-13/h4-7,10,13H,3,8-9H2,1-2H3. The maximum atomic E-state index is 12.3. The monoisotopic (exact) mass is 262 g/mol. The van der Waals surface area contributed by atoms with Crippen molar-refractivity contribution in [2.45, 2.75) is 19.4 Å². The summed E-state index contributed by atoms with van der Waals surface area (Å²) in [5.74, 6) is 1.16. The van der Waals surface area contributed by atoms with Crippen LogP contribution in [-0.2, 0) is 4.79 Å². The summed E-state index contributed by atoms with van der Waals surface area (Å²) in [5, 5.41) is 0. The number of amides is 1. The molecule has 0 bridgehead atoms. The van der Waals surface area contributed by atoms with Gasteiger partial charge in [0, 0.05) is 13.6 Å². The molecule has 5 heteroatoms. The molecule has 5 nitrogen and oxygen atoms in total. The molecular weight excluding hydrogens is 244 g/mol. The highest BCUT2D eigenvalue weighted by Crippen LogP contribution is 2.31. The van der Waals surface area contributed by atoms with Crippen LogP contribution in [0.15, 0.2) is 29.3 Å². The number of rotatable bonds is 4. The van der Waals surface area contributed by atoms with E-state index in [1.165, 1.54) is 6.34 Å². The minimum Gasteiger partial charge on any atom is -0.485 e. The fourth-order valence-corrected chi connectivity index (χ4v) is 1.93. The largest absolute Gasteiger partial charge is 0.485 e. The Hall–Kier alpha value is -2.04. The molecule has 1 unspecified atom stereocenters. The predicted octanol–water partition coefficient (Wildman–Crippen LogP) is 1.72. The molecule has 0 N–H and O–H groups in total. The molecule has 1 aromatic rings. The molecule has 1 aromatic carbocycles. The Morgan fingerprint density at radius 2 is 2.21 bits per heavy atom. The Balaban J connectivity index is 2.09. The molecule has 1 amide bonds. The van der Waals surface area contributed by atoms with Gasteiger partial charge in [0.05, 0.1) is 6.34 Å². The first-order valence-corrected chi connectivity index (χ1v) is 6.37. The molecule has 0 saturated carbocycles. The number of hydrogen-bond donors (Lipinski definition) is 0. The summed E-state index contributed by atoms with van der Waals surface area (Å²) < 4.78 is 11.2. The van der Waals surface area contributed by atoms with Crippen LogP contribution in [0.2, 0.25) is 0 Å². The highest BCUT2D eigenvalue weighted by molar-refractivity contribution is 5.91. The number of carbonyl (C=O) groups is 1. The lowest BCUT2D eigenvalue weighted by molar-refractivity contribution is -0.136. The lowest BCUT2D eigenvalue weighted by atomic mass is 10.2. The maximum Gasteiger partial charge on any atom is 0.272 e. The maximum absolute atomic E-state index is 12.3. The van der Waals surface area contributed by atoms with E-state index in [9.17, 15) is 4.79 Å². The predicted molar refractivity (Wildman–Crippen MR) is 72.8 cm³/mol. The number of fused-ring (bicyclic) bond motifs is 1. The Bertz CT molecular complexity index is 474. The van der Waals surface area contributed by atoms with Gasteiger partial charge in [0.1, 0.15) is 6.61 Å². The van der Waals surface area contributed by atoms with Gasteiger partial charge in [-0.3, -0.25) is 14.7 Å². The average Bonchev–Trinajstić information content (AvgIpc) is 2.46. The van der Waals surface area contributed by atoms with Crippen molar-refractivity contribution in [1.29, 1.82) is 0 Å². The third kappa shape index (κ3) is 3.05. The molecular formula is C14H18N2O3. The summed E-state index contributed by atoms with van der Waals surface area (Å²) in [6.07, 6.45) is 1.79. The van der Waals surface area contributed by atoms with Crippen molar-refractivity contribution in [3.63, 3.8) is 0 Å². The molecule has 1 heterocycles. The summed E-state index contributed by atoms with van der Waals surface area (Å²) in [4.78, 5) is 17.8. The minimum atomic E-state index is -0.612. The van der Waals surface area contributed by atoms with Gasteiger partial charge in [-0.25, -0.2) is 0 Å². The highest BCUT2D eigenvalue weighted by atomic mass is 16.6. The van der Waals surface area contributed by atoms with E-state index in [1.807, 2.05) is 25.1 Å². The van der Waals surface area contributed by atoms with E-state index in [-0.39, 0.29) is 12.5 Å². The van der Waals surface area contributed by atoms with E-state index >= 15 is 0 Å². The quantitative estimate of drug-likeness (QED) is 0.613. The number of benzene rings is 1. The fourth-order valence-electron chi connectivity index (χ4n) is 1.93. The average molecular weight is 262 g/mol. The van der Waals surface area contributed by atoms with Gasteiger partial charge in [0.25, 0.3) is 5.91 Å². The van der Waals surface area contributed by atoms with Crippen LogP contribution in [0.3, 0.4) is 0 Å². The van der Waals surface area contributed by atoms with Crippen molar-refractivity contribution in [3.8, 4) is 11.5 Å². The number of ether oxygens (including phenoxy) is 2. The van der Waals surface area contributed by atoms with Crippen LogP contribution in [0.1, 0.15) is 13.3 Å². The zero-order chi connectivity index (χ0) is 13.7. The fraction of sp³-hybridized carbons (Fsp3) is 0.429. The molecule has 0 radical (unpaired) electrons. The van der Waals surface area contributed by atoms with Crippen molar-refractivity contribution in [2.75, 3.05) is 20.2 Å². The summed E-state index contributed by atoms with van der Waals surface area (Å²) in [5.41, 5.74) is 0. The molecule has 0 spiro atoms. The summed E-state index contributed by atoms with van der Waals surface area (Å²) in [6.45, 7) is 2.86. The molecule has 1 aliphatic heterocycles. The number of nitrogens with zero attached hydrogens (tertiary/aromatic N) is 2. The van der Waals surface area contributed by atoms with Crippen molar-refractivity contribution in [1.82, 2.24) is 4.90 Å². The highest BCUT2D eigenvalue weighted by Gasteiger charge is 2.30. The van der Waals surface area contributed by atoms with E-state index in [2.05, 4.69) is 4.99 Å². The van der Waals surface area contributed by atoms with Crippen molar-refractivity contribution >= 4 is 12.2 Å². The Morgan fingerprint density at radius 1 is 1.47 bits per heavy atom. The number of aliphatic imine (C=N–C) groups is 1. The second kappa shape index (κ2) is 6.22. The zero-order valence-corrected chi connectivity index (χ0v) is 11.2. The van der Waals surface area contributed by atoms with Gasteiger partial charge in [0.15, 0.2) is 11.5 Å². The SMILES string of the molecule is CCCN(C=NC)C(=O)C1COc2ccccc2O1. The summed E-state index contributed by atoms with van der Waals surface area (Å²) in [7, 11) is 1.64. The van der Waals surface area contributed by atoms with Crippen LogP contribution < -0.4 is 9.47 Å². The van der Waals surface area contributed by atoms with Gasteiger partial charge < -0.3 is 9.47 Å². The third-order valence-electron chi connectivity index (χ3n) is 2.79. The molecule has 1 atom stereocenters. The molecule has 1 aliphatic rings. The van der Waals surface area contributed by atoms with Gasteiger partial charge in [-0.05, 0) is 18.6 Å². The van der Waals surface area contributed by atoms with E-state index < -0.39 is 6.10 Å². The van der Waals surface area contributed by atoms with E-state index in [0.717, 1.165) is 6.42 Å². The Morgan fingerprint density at radius 3 is 2.89 bits per heavy atom. The number of hydrogen-bond acceptors (Lipinski definition) is 4. The molecule has 0 saturated heterocycles. The van der Waals surface area contributed by atoms with Gasteiger partial charge in [-0.2, -0.15) is 0 Å². The van der Waals surface area contributed by atoms with Gasteiger partial charge in [0.2, 0.25) is 6.10 Å². The van der Waals surface area contributed by atoms with Gasteiger partial charge >= 0.3 is 0 Å². The summed E-state index contributed by atoms with van der Waals surface area (Å²) in [6, 6.07) is 7.35. The van der Waals surface area contributed by atoms with Crippen LogP contribution in [-0.4, -0.2) is 43.4 Å². The zero-order valence-electron chi connectivity index (χ0n) is 11.2.